The van der Waals surface area contributed by atoms with E-state index in [1.54, 1.807) is 0 Å². The van der Waals surface area contributed by atoms with Gasteiger partial charge in [-0.1, -0.05) is 11.8 Å². The third-order valence-electron chi connectivity index (χ3n) is 8.85. The first-order chi connectivity index (χ1) is 13.5. The Hall–Kier alpha value is -0.783. The summed E-state index contributed by atoms with van der Waals surface area (Å²) in [6, 6.07) is 0. The van der Waals surface area contributed by atoms with Gasteiger partial charge in [0.1, 0.15) is 0 Å². The van der Waals surface area contributed by atoms with E-state index in [1.165, 1.54) is 38.5 Å². The zero-order valence-electron chi connectivity index (χ0n) is 17.6. The highest BCUT2D eigenvalue weighted by Gasteiger charge is 2.70. The van der Waals surface area contributed by atoms with E-state index in [9.17, 15) is 0 Å². The second kappa shape index (κ2) is 6.61. The number of hydrogen-bond donors (Lipinski definition) is 0. The van der Waals surface area contributed by atoms with Crippen molar-refractivity contribution >= 4 is 8.80 Å². The van der Waals surface area contributed by atoms with Crippen LogP contribution in [0.25, 0.3) is 0 Å². The molecule has 0 unspecified atom stereocenters. The molecule has 0 aromatic carbocycles. The van der Waals surface area contributed by atoms with Crippen molar-refractivity contribution in [1.29, 1.82) is 0 Å². The summed E-state index contributed by atoms with van der Waals surface area (Å²) in [5, 5.41) is 0. The predicted octanol–water partition coefficient (Wildman–Crippen LogP) is 4.29. The first-order valence-corrected chi connectivity index (χ1v) is 13.2. The van der Waals surface area contributed by atoms with E-state index >= 15 is 0 Å². The maximum Gasteiger partial charge on any atom is 0.591 e. The fourth-order valence-corrected chi connectivity index (χ4v) is 10.3. The molecule has 152 valence electrons. The Bertz CT molecular complexity index is 661. The second-order valence-electron chi connectivity index (χ2n) is 10.0. The molecule has 7 fully saturated rings. The van der Waals surface area contributed by atoms with E-state index in [0.717, 1.165) is 35.5 Å². The van der Waals surface area contributed by atoms with Crippen LogP contribution < -0.4 is 0 Å². The van der Waals surface area contributed by atoms with Gasteiger partial charge in [0, 0.05) is 30.7 Å². The number of rotatable bonds is 6. The molecule has 0 aromatic heterocycles. The van der Waals surface area contributed by atoms with Crippen LogP contribution in [0.5, 0.6) is 0 Å². The standard InChI is InChI=1S/C24H34O3Si/c1-5-23-11-17-20-14-24(9-10-28(25-6-2,26-7-3)27-8-4)15-21(17)19(13-23)22(16-24)18(20)12-23/h1,17-22H,6-8,11-16H2,2-4H3. The van der Waals surface area contributed by atoms with Crippen LogP contribution in [-0.4, -0.2) is 28.6 Å². The highest BCUT2D eigenvalue weighted by Crippen LogP contribution is 2.76. The molecule has 0 spiro atoms. The van der Waals surface area contributed by atoms with Crippen LogP contribution in [0.2, 0.25) is 0 Å². The summed E-state index contributed by atoms with van der Waals surface area (Å²) in [7, 11) is -2.89. The molecule has 7 rings (SSSR count). The number of hydrogen-bond acceptors (Lipinski definition) is 3. The topological polar surface area (TPSA) is 27.7 Å². The first kappa shape index (κ1) is 19.2. The maximum absolute atomic E-state index is 6.03. The summed E-state index contributed by atoms with van der Waals surface area (Å²) in [4.78, 5) is 0. The lowest BCUT2D eigenvalue weighted by Crippen LogP contribution is -2.67. The summed E-state index contributed by atoms with van der Waals surface area (Å²) in [6.07, 6.45) is 13.7. The Morgan fingerprint density at radius 1 is 0.714 bits per heavy atom. The molecule has 0 aliphatic heterocycles. The Morgan fingerprint density at radius 2 is 1.07 bits per heavy atom. The predicted molar refractivity (Wildman–Crippen MR) is 111 cm³/mol. The van der Waals surface area contributed by atoms with Gasteiger partial charge in [0.15, 0.2) is 0 Å². The van der Waals surface area contributed by atoms with Crippen LogP contribution in [0.1, 0.15) is 59.3 Å². The molecule has 7 saturated carbocycles. The van der Waals surface area contributed by atoms with Crippen LogP contribution in [0.4, 0.5) is 0 Å². The zero-order valence-corrected chi connectivity index (χ0v) is 18.6. The summed E-state index contributed by atoms with van der Waals surface area (Å²) in [6.45, 7) is 7.76. The lowest BCUT2D eigenvalue weighted by molar-refractivity contribution is -0.233. The van der Waals surface area contributed by atoms with Crippen molar-refractivity contribution in [3.05, 3.63) is 0 Å². The van der Waals surface area contributed by atoms with Gasteiger partial charge in [0.2, 0.25) is 0 Å². The van der Waals surface area contributed by atoms with E-state index in [2.05, 4.69) is 17.4 Å². The van der Waals surface area contributed by atoms with E-state index < -0.39 is 8.80 Å². The Morgan fingerprint density at radius 3 is 1.39 bits per heavy atom. The average molecular weight is 399 g/mol. The molecule has 0 amide bonds. The van der Waals surface area contributed by atoms with Gasteiger partial charge in [-0.2, -0.15) is 0 Å². The molecule has 0 saturated heterocycles. The van der Waals surface area contributed by atoms with Gasteiger partial charge in [-0.15, -0.1) is 6.42 Å². The molecule has 0 radical (unpaired) electrons. The summed E-state index contributed by atoms with van der Waals surface area (Å²) in [5.74, 6) is 12.2. The molecule has 3 nitrogen and oxygen atoms in total. The lowest BCUT2D eigenvalue weighted by atomic mass is 9.31. The third-order valence-corrected chi connectivity index (χ3v) is 11.3. The molecule has 7 aliphatic carbocycles. The lowest BCUT2D eigenvalue weighted by Gasteiger charge is -2.73. The highest BCUT2D eigenvalue weighted by atomic mass is 28.4. The minimum Gasteiger partial charge on any atom is -0.364 e. The molecule has 0 N–H and O–H groups in total. The van der Waals surface area contributed by atoms with Gasteiger partial charge in [-0.25, -0.2) is 0 Å². The van der Waals surface area contributed by atoms with E-state index in [-0.39, 0.29) is 10.8 Å². The first-order valence-electron chi connectivity index (χ1n) is 11.5. The van der Waals surface area contributed by atoms with Crippen LogP contribution in [-0.2, 0) is 13.3 Å². The summed E-state index contributed by atoms with van der Waals surface area (Å²) in [5.41, 5.74) is 3.91. The fourth-order valence-electron chi connectivity index (χ4n) is 8.27. The largest absolute Gasteiger partial charge is 0.591 e. The van der Waals surface area contributed by atoms with Gasteiger partial charge >= 0.3 is 8.80 Å². The molecular weight excluding hydrogens is 364 g/mol. The highest BCUT2D eigenvalue weighted by molar-refractivity contribution is 6.69. The number of terminal acetylenes is 1. The van der Waals surface area contributed by atoms with Crippen LogP contribution in [0, 0.1) is 70.1 Å². The van der Waals surface area contributed by atoms with Crippen molar-refractivity contribution in [3.63, 3.8) is 0 Å². The smallest absolute Gasteiger partial charge is 0.364 e. The van der Waals surface area contributed by atoms with Crippen molar-refractivity contribution in [2.24, 2.45) is 46.3 Å². The van der Waals surface area contributed by atoms with Crippen molar-refractivity contribution in [3.8, 4) is 23.8 Å². The molecule has 28 heavy (non-hydrogen) atoms. The average Bonchev–Trinajstić information content (AvgIpc) is 2.70. The van der Waals surface area contributed by atoms with Crippen molar-refractivity contribution < 1.29 is 13.3 Å². The molecule has 7 aliphatic rings. The fraction of sp³-hybridized carbons (Fsp3) is 0.833. The minimum atomic E-state index is -2.89. The molecule has 0 heterocycles. The third kappa shape index (κ3) is 2.61. The second-order valence-corrected chi connectivity index (χ2v) is 12.2. The minimum absolute atomic E-state index is 0.167. The summed E-state index contributed by atoms with van der Waals surface area (Å²) >= 11 is 0. The summed E-state index contributed by atoms with van der Waals surface area (Å²) < 4.78 is 18.0. The maximum atomic E-state index is 6.03. The Kier molecular flexibility index (Phi) is 4.53. The molecule has 0 atom stereocenters. The Labute approximate surface area is 171 Å². The van der Waals surface area contributed by atoms with Gasteiger partial charge in [-0.3, -0.25) is 0 Å². The monoisotopic (exact) mass is 398 g/mol. The SMILES string of the molecule is C#CC12CC3C4CC5(C#C[Si](OCC)(OCC)OCC)CC3C(C1)C(C5)C4C2. The van der Waals surface area contributed by atoms with Gasteiger partial charge in [0.25, 0.3) is 0 Å². The van der Waals surface area contributed by atoms with Crippen molar-refractivity contribution in [2.75, 3.05) is 19.8 Å². The zero-order chi connectivity index (χ0) is 19.6. The van der Waals surface area contributed by atoms with Crippen LogP contribution in [0.3, 0.4) is 0 Å². The molecule has 8 bridgehead atoms. The van der Waals surface area contributed by atoms with E-state index in [0.29, 0.717) is 19.8 Å². The van der Waals surface area contributed by atoms with Gasteiger partial charge in [0.05, 0.1) is 0 Å². The van der Waals surface area contributed by atoms with Crippen LogP contribution in [0.15, 0.2) is 0 Å². The Balaban J connectivity index is 1.45. The molecular formula is C24H34O3Si. The van der Waals surface area contributed by atoms with E-state index in [1.807, 2.05) is 20.8 Å². The molecule has 4 heteroatoms. The van der Waals surface area contributed by atoms with Crippen molar-refractivity contribution in [1.82, 2.24) is 0 Å². The quantitative estimate of drug-likeness (QED) is 0.493. The normalized spacial score (nSPS) is 47.1. The van der Waals surface area contributed by atoms with Crippen molar-refractivity contribution in [2.45, 2.75) is 59.3 Å². The van der Waals surface area contributed by atoms with Gasteiger partial charge in [-0.05, 0) is 100 Å². The van der Waals surface area contributed by atoms with E-state index in [4.69, 9.17) is 19.7 Å². The van der Waals surface area contributed by atoms with Crippen LogP contribution >= 0.6 is 0 Å². The molecule has 0 aromatic rings. The van der Waals surface area contributed by atoms with Gasteiger partial charge < -0.3 is 13.3 Å².